The van der Waals surface area contributed by atoms with E-state index in [1.807, 2.05) is 24.3 Å². The molecular weight excluding hydrogens is 454 g/mol. The van der Waals surface area contributed by atoms with Gasteiger partial charge in [-0.1, -0.05) is 54.9 Å². The van der Waals surface area contributed by atoms with E-state index in [4.69, 9.17) is 9.47 Å². The highest BCUT2D eigenvalue weighted by molar-refractivity contribution is 9.10. The number of ether oxygens (including phenoxy) is 2. The maximum atomic E-state index is 11.5. The minimum atomic E-state index is -3.34. The van der Waals surface area contributed by atoms with Crippen molar-refractivity contribution in [2.45, 2.75) is 32.8 Å². The number of anilines is 1. The molecule has 0 spiro atoms. The first-order valence-corrected chi connectivity index (χ1v) is 11.8. The Bertz CT molecular complexity index is 1010. The number of hydrogen-bond acceptors (Lipinski definition) is 4. The van der Waals surface area contributed by atoms with Crippen LogP contribution in [0.5, 0.6) is 5.75 Å². The van der Waals surface area contributed by atoms with E-state index < -0.39 is 10.0 Å². The second-order valence-corrected chi connectivity index (χ2v) is 10.5. The Hall–Kier alpha value is -1.83. The second kappa shape index (κ2) is 9.32. The van der Waals surface area contributed by atoms with Gasteiger partial charge in [0.05, 0.1) is 20.0 Å². The summed E-state index contributed by atoms with van der Waals surface area (Å²) in [7, 11) is -0.0535. The molecule has 0 atom stereocenters. The number of benzene rings is 2. The average molecular weight is 482 g/mol. The van der Waals surface area contributed by atoms with Crippen molar-refractivity contribution in [1.82, 2.24) is 0 Å². The Morgan fingerprint density at radius 2 is 1.72 bits per heavy atom. The molecule has 1 N–H and O–H groups in total. The van der Waals surface area contributed by atoms with Crippen LogP contribution in [0.2, 0.25) is 0 Å². The van der Waals surface area contributed by atoms with Crippen LogP contribution in [0.15, 0.2) is 34.8 Å². The lowest BCUT2D eigenvalue weighted by atomic mass is 9.85. The molecule has 0 amide bonds. The minimum absolute atomic E-state index is 0.0715. The minimum Gasteiger partial charge on any atom is -0.496 e. The van der Waals surface area contributed by atoms with Gasteiger partial charge >= 0.3 is 0 Å². The lowest BCUT2D eigenvalue weighted by Crippen LogP contribution is -2.13. The molecule has 2 aromatic carbocycles. The molecule has 0 heterocycles. The molecule has 0 saturated carbocycles. The Kier molecular flexibility index (Phi) is 7.54. The Morgan fingerprint density at radius 3 is 2.28 bits per heavy atom. The largest absolute Gasteiger partial charge is 0.496 e. The van der Waals surface area contributed by atoms with Crippen LogP contribution in [0.3, 0.4) is 0 Å². The third-order valence-corrected chi connectivity index (χ3v) is 5.35. The SMILES string of the molecule is COCc1cc(NS(C)(=O)=O)ccc1C=Cc1cc(Br)cc(C(C)(C)C)c1OC. The summed E-state index contributed by atoms with van der Waals surface area (Å²) < 4.78 is 37.5. The molecule has 29 heavy (non-hydrogen) atoms. The number of hydrogen-bond donors (Lipinski definition) is 1. The molecule has 0 radical (unpaired) electrons. The first-order valence-electron chi connectivity index (χ1n) is 9.10. The first kappa shape index (κ1) is 23.4. The van der Waals surface area contributed by atoms with Crippen LogP contribution in [0.25, 0.3) is 12.2 Å². The fourth-order valence-electron chi connectivity index (χ4n) is 3.03. The predicted molar refractivity (Wildman–Crippen MR) is 124 cm³/mol. The molecule has 0 aliphatic heterocycles. The highest BCUT2D eigenvalue weighted by Gasteiger charge is 2.21. The smallest absolute Gasteiger partial charge is 0.229 e. The van der Waals surface area contributed by atoms with Crippen molar-refractivity contribution in [3.63, 3.8) is 0 Å². The molecule has 5 nitrogen and oxygen atoms in total. The van der Waals surface area contributed by atoms with Gasteiger partial charge in [-0.05, 0) is 40.8 Å². The van der Waals surface area contributed by atoms with Gasteiger partial charge in [0.1, 0.15) is 5.75 Å². The van der Waals surface area contributed by atoms with Crippen LogP contribution in [0.1, 0.15) is 43.0 Å². The summed E-state index contributed by atoms with van der Waals surface area (Å²) in [4.78, 5) is 0. The molecule has 0 aliphatic rings. The lowest BCUT2D eigenvalue weighted by Gasteiger charge is -2.24. The van der Waals surface area contributed by atoms with E-state index >= 15 is 0 Å². The molecule has 7 heteroatoms. The zero-order valence-electron chi connectivity index (χ0n) is 17.7. The van der Waals surface area contributed by atoms with E-state index in [1.54, 1.807) is 26.4 Å². The number of nitrogens with one attached hydrogen (secondary N) is 1. The summed E-state index contributed by atoms with van der Waals surface area (Å²) in [6.45, 7) is 6.81. The molecule has 2 rings (SSSR count). The van der Waals surface area contributed by atoms with Crippen LogP contribution in [0, 0.1) is 0 Å². The van der Waals surface area contributed by atoms with Crippen LogP contribution in [0.4, 0.5) is 5.69 Å². The van der Waals surface area contributed by atoms with Gasteiger partial charge in [-0.15, -0.1) is 0 Å². The van der Waals surface area contributed by atoms with Crippen LogP contribution in [-0.2, 0) is 26.8 Å². The van der Waals surface area contributed by atoms with Crippen molar-refractivity contribution >= 4 is 43.8 Å². The van der Waals surface area contributed by atoms with Crippen molar-refractivity contribution in [1.29, 1.82) is 0 Å². The van der Waals surface area contributed by atoms with E-state index in [1.165, 1.54) is 0 Å². The van der Waals surface area contributed by atoms with E-state index in [2.05, 4.69) is 47.5 Å². The molecule has 0 aliphatic carbocycles. The summed E-state index contributed by atoms with van der Waals surface area (Å²) >= 11 is 3.60. The molecule has 0 bridgehead atoms. The average Bonchev–Trinajstić information content (AvgIpc) is 2.58. The van der Waals surface area contributed by atoms with Crippen molar-refractivity contribution < 1.29 is 17.9 Å². The van der Waals surface area contributed by atoms with Crippen LogP contribution >= 0.6 is 15.9 Å². The van der Waals surface area contributed by atoms with Crippen molar-refractivity contribution in [3.8, 4) is 5.75 Å². The van der Waals surface area contributed by atoms with Crippen LogP contribution < -0.4 is 9.46 Å². The Balaban J connectivity index is 2.49. The van der Waals surface area contributed by atoms with Gasteiger partial charge in [-0.3, -0.25) is 4.72 Å². The normalized spacial score (nSPS) is 12.4. The quantitative estimate of drug-likeness (QED) is 0.534. The van der Waals surface area contributed by atoms with Crippen molar-refractivity contribution in [3.05, 3.63) is 57.1 Å². The summed E-state index contributed by atoms with van der Waals surface area (Å²) in [6.07, 6.45) is 5.11. The number of halogens is 1. The third-order valence-electron chi connectivity index (χ3n) is 4.28. The molecule has 0 unspecified atom stereocenters. The topological polar surface area (TPSA) is 64.6 Å². The van der Waals surface area contributed by atoms with Gasteiger partial charge in [0, 0.05) is 28.4 Å². The van der Waals surface area contributed by atoms with E-state index in [0.29, 0.717) is 12.3 Å². The highest BCUT2D eigenvalue weighted by Crippen LogP contribution is 2.37. The first-order chi connectivity index (χ1) is 13.4. The number of sulfonamides is 1. The zero-order chi connectivity index (χ0) is 21.8. The Morgan fingerprint density at radius 1 is 1.07 bits per heavy atom. The highest BCUT2D eigenvalue weighted by atomic mass is 79.9. The van der Waals surface area contributed by atoms with E-state index in [-0.39, 0.29) is 5.41 Å². The summed E-state index contributed by atoms with van der Waals surface area (Å²) in [6, 6.07) is 9.48. The summed E-state index contributed by atoms with van der Waals surface area (Å²) in [5.41, 5.74) is 4.31. The van der Waals surface area contributed by atoms with Gasteiger partial charge in [-0.25, -0.2) is 8.42 Å². The molecule has 2 aromatic rings. The second-order valence-electron chi connectivity index (χ2n) is 7.88. The van der Waals surface area contributed by atoms with Gasteiger partial charge in [-0.2, -0.15) is 0 Å². The van der Waals surface area contributed by atoms with Crippen molar-refractivity contribution in [2.75, 3.05) is 25.2 Å². The maximum absolute atomic E-state index is 11.5. The van der Waals surface area contributed by atoms with Gasteiger partial charge in [0.25, 0.3) is 0 Å². The molecule has 0 fully saturated rings. The standard InChI is InChI=1S/C22H28BrNO4S/c1-22(2,3)20-13-18(23)11-16(21(20)28-5)8-7-15-9-10-19(24-29(6,25)26)12-17(15)14-27-4/h7-13,24H,14H2,1-6H3. The lowest BCUT2D eigenvalue weighted by molar-refractivity contribution is 0.185. The molecular formula is C22H28BrNO4S. The van der Waals surface area contributed by atoms with E-state index in [9.17, 15) is 8.42 Å². The zero-order valence-corrected chi connectivity index (χ0v) is 20.1. The number of rotatable bonds is 7. The monoisotopic (exact) mass is 481 g/mol. The van der Waals surface area contributed by atoms with Crippen LogP contribution in [-0.4, -0.2) is 28.9 Å². The van der Waals surface area contributed by atoms with E-state index in [0.717, 1.165) is 38.7 Å². The fraction of sp³-hybridized carbons (Fsp3) is 0.364. The fourth-order valence-corrected chi connectivity index (χ4v) is 4.06. The molecule has 0 aromatic heterocycles. The van der Waals surface area contributed by atoms with Crippen molar-refractivity contribution in [2.24, 2.45) is 0 Å². The van der Waals surface area contributed by atoms with Gasteiger partial charge in [0.2, 0.25) is 10.0 Å². The van der Waals surface area contributed by atoms with Gasteiger partial charge in [0.15, 0.2) is 0 Å². The number of methoxy groups -OCH3 is 2. The molecule has 158 valence electrons. The predicted octanol–water partition coefficient (Wildman–Crippen LogP) is 5.44. The Labute approximate surface area is 182 Å². The molecule has 0 saturated heterocycles. The maximum Gasteiger partial charge on any atom is 0.229 e. The third kappa shape index (κ3) is 6.59. The summed E-state index contributed by atoms with van der Waals surface area (Å²) in [5.74, 6) is 0.834. The summed E-state index contributed by atoms with van der Waals surface area (Å²) in [5, 5.41) is 0. The van der Waals surface area contributed by atoms with Gasteiger partial charge < -0.3 is 9.47 Å².